The second-order valence-electron chi connectivity index (χ2n) is 7.75. The summed E-state index contributed by atoms with van der Waals surface area (Å²) >= 11 is 0. The van der Waals surface area contributed by atoms with Crippen LogP contribution in [0, 0.1) is 11.8 Å². The average molecular weight is 296 g/mol. The summed E-state index contributed by atoms with van der Waals surface area (Å²) in [6.45, 7) is 8.06. The van der Waals surface area contributed by atoms with Gasteiger partial charge in [-0.1, -0.05) is 12.8 Å². The summed E-state index contributed by atoms with van der Waals surface area (Å²) in [5.74, 6) is 1.40. The topological polar surface area (TPSA) is 50.4 Å². The predicted molar refractivity (Wildman–Crippen MR) is 85.3 cm³/mol. The molecule has 3 atom stereocenters. The van der Waals surface area contributed by atoms with E-state index in [1.807, 2.05) is 20.8 Å². The quantitative estimate of drug-likeness (QED) is 0.838. The van der Waals surface area contributed by atoms with Gasteiger partial charge in [0.1, 0.15) is 5.60 Å². The van der Waals surface area contributed by atoms with Gasteiger partial charge in [0, 0.05) is 6.04 Å². The molecule has 1 amide bonds. The lowest BCUT2D eigenvalue weighted by Crippen LogP contribution is -2.45. The predicted octanol–water partition coefficient (Wildman–Crippen LogP) is 3.46. The lowest BCUT2D eigenvalue weighted by Gasteiger charge is -2.36. The second-order valence-corrected chi connectivity index (χ2v) is 7.75. The third kappa shape index (κ3) is 5.85. The highest BCUT2D eigenvalue weighted by molar-refractivity contribution is 5.68. The van der Waals surface area contributed by atoms with Crippen LogP contribution in [-0.2, 0) is 4.74 Å². The molecular formula is C17H32N2O2. The number of carbonyl (C=O) groups excluding carboxylic acids is 1. The van der Waals surface area contributed by atoms with Crippen LogP contribution >= 0.6 is 0 Å². The largest absolute Gasteiger partial charge is 0.444 e. The zero-order chi connectivity index (χ0) is 15.3. The molecule has 0 bridgehead atoms. The summed E-state index contributed by atoms with van der Waals surface area (Å²) in [6.07, 6.45) is 8.50. The first-order valence-corrected chi connectivity index (χ1v) is 8.64. The van der Waals surface area contributed by atoms with E-state index < -0.39 is 5.60 Å². The van der Waals surface area contributed by atoms with E-state index in [9.17, 15) is 4.79 Å². The zero-order valence-corrected chi connectivity index (χ0v) is 13.9. The van der Waals surface area contributed by atoms with Crippen molar-refractivity contribution in [3.8, 4) is 0 Å². The van der Waals surface area contributed by atoms with Crippen LogP contribution in [0.5, 0.6) is 0 Å². The Balaban J connectivity index is 1.84. The van der Waals surface area contributed by atoms with E-state index in [-0.39, 0.29) is 6.09 Å². The molecule has 1 aliphatic heterocycles. The molecule has 0 aromatic carbocycles. The van der Waals surface area contributed by atoms with Crippen molar-refractivity contribution in [3.05, 3.63) is 0 Å². The third-order valence-electron chi connectivity index (χ3n) is 4.65. The van der Waals surface area contributed by atoms with Crippen molar-refractivity contribution in [2.24, 2.45) is 11.8 Å². The first kappa shape index (κ1) is 16.6. The van der Waals surface area contributed by atoms with Crippen molar-refractivity contribution < 1.29 is 9.53 Å². The molecule has 2 rings (SSSR count). The van der Waals surface area contributed by atoms with E-state index in [0.29, 0.717) is 12.0 Å². The lowest BCUT2D eigenvalue weighted by molar-refractivity contribution is 0.0459. The fourth-order valence-corrected chi connectivity index (χ4v) is 3.69. The maximum atomic E-state index is 12.0. The maximum Gasteiger partial charge on any atom is 0.407 e. The van der Waals surface area contributed by atoms with E-state index in [0.717, 1.165) is 18.9 Å². The highest BCUT2D eigenvalue weighted by Crippen LogP contribution is 2.31. The number of ether oxygens (including phenoxy) is 1. The number of nitrogens with one attached hydrogen (secondary N) is 2. The monoisotopic (exact) mass is 296 g/mol. The Bertz CT molecular complexity index is 332. The number of piperidine rings is 1. The van der Waals surface area contributed by atoms with Gasteiger partial charge in [0.25, 0.3) is 0 Å². The molecule has 4 nitrogen and oxygen atoms in total. The first-order valence-electron chi connectivity index (χ1n) is 8.64. The van der Waals surface area contributed by atoms with E-state index in [4.69, 9.17) is 4.74 Å². The standard InChI is InChI=1S/C17H32N2O2/c1-17(2,3)21-16(20)19-15-9-5-4-8-14(15)11-13-7-6-10-18-12-13/h13-15,18H,4-12H2,1-3H3,(H,19,20)/t13?,14-,15+/m0/s1. The van der Waals surface area contributed by atoms with Gasteiger partial charge in [0.2, 0.25) is 0 Å². The fourth-order valence-electron chi connectivity index (χ4n) is 3.69. The highest BCUT2D eigenvalue weighted by Gasteiger charge is 2.30. The van der Waals surface area contributed by atoms with Gasteiger partial charge in [-0.25, -0.2) is 4.79 Å². The molecule has 122 valence electrons. The Morgan fingerprint density at radius 1 is 1.19 bits per heavy atom. The summed E-state index contributed by atoms with van der Waals surface area (Å²) in [5.41, 5.74) is -0.415. The highest BCUT2D eigenvalue weighted by atomic mass is 16.6. The number of rotatable bonds is 3. The van der Waals surface area contributed by atoms with Crippen LogP contribution in [0.15, 0.2) is 0 Å². The van der Waals surface area contributed by atoms with Crippen molar-refractivity contribution in [2.45, 2.75) is 77.4 Å². The molecule has 0 aromatic rings. The van der Waals surface area contributed by atoms with Crippen LogP contribution in [0.2, 0.25) is 0 Å². The molecule has 2 aliphatic rings. The Labute approximate surface area is 129 Å². The molecule has 1 unspecified atom stereocenters. The molecule has 1 aliphatic carbocycles. The van der Waals surface area contributed by atoms with Gasteiger partial charge in [0.15, 0.2) is 0 Å². The van der Waals surface area contributed by atoms with Crippen molar-refractivity contribution in [1.82, 2.24) is 10.6 Å². The molecule has 1 saturated carbocycles. The Hall–Kier alpha value is -0.770. The van der Waals surface area contributed by atoms with E-state index in [1.54, 1.807) is 0 Å². The SMILES string of the molecule is CC(C)(C)OC(=O)N[C@@H]1CCCC[C@H]1CC1CCCNC1. The van der Waals surface area contributed by atoms with Crippen molar-refractivity contribution in [3.63, 3.8) is 0 Å². The van der Waals surface area contributed by atoms with E-state index >= 15 is 0 Å². The minimum atomic E-state index is -0.415. The van der Waals surface area contributed by atoms with E-state index in [1.165, 1.54) is 45.1 Å². The molecule has 0 spiro atoms. The molecular weight excluding hydrogens is 264 g/mol. The summed E-state index contributed by atoms with van der Waals surface area (Å²) < 4.78 is 5.42. The smallest absolute Gasteiger partial charge is 0.407 e. The molecule has 0 aromatic heterocycles. The van der Waals surface area contributed by atoms with Crippen LogP contribution in [0.25, 0.3) is 0 Å². The zero-order valence-electron chi connectivity index (χ0n) is 13.9. The van der Waals surface area contributed by atoms with Crippen molar-refractivity contribution in [2.75, 3.05) is 13.1 Å². The third-order valence-corrected chi connectivity index (χ3v) is 4.65. The minimum absolute atomic E-state index is 0.249. The van der Waals surface area contributed by atoms with Gasteiger partial charge in [-0.3, -0.25) is 0 Å². The summed E-state index contributed by atoms with van der Waals surface area (Å²) in [4.78, 5) is 12.0. The molecule has 2 fully saturated rings. The first-order chi connectivity index (χ1) is 9.94. The van der Waals surface area contributed by atoms with Crippen molar-refractivity contribution in [1.29, 1.82) is 0 Å². The summed E-state index contributed by atoms with van der Waals surface area (Å²) in [6, 6.07) is 0.301. The normalized spacial score (nSPS) is 30.7. The van der Waals surface area contributed by atoms with Gasteiger partial charge < -0.3 is 15.4 Å². The van der Waals surface area contributed by atoms with Crippen LogP contribution in [-0.4, -0.2) is 30.8 Å². The number of amides is 1. The maximum absolute atomic E-state index is 12.0. The molecule has 1 heterocycles. The molecule has 4 heteroatoms. The number of hydrogen-bond acceptors (Lipinski definition) is 3. The fraction of sp³-hybridized carbons (Fsp3) is 0.941. The Morgan fingerprint density at radius 2 is 1.95 bits per heavy atom. The molecule has 21 heavy (non-hydrogen) atoms. The minimum Gasteiger partial charge on any atom is -0.444 e. The molecule has 0 radical (unpaired) electrons. The Morgan fingerprint density at radius 3 is 2.62 bits per heavy atom. The van der Waals surface area contributed by atoms with Gasteiger partial charge in [0.05, 0.1) is 0 Å². The van der Waals surface area contributed by atoms with Crippen LogP contribution in [0.4, 0.5) is 4.79 Å². The van der Waals surface area contributed by atoms with Crippen LogP contribution < -0.4 is 10.6 Å². The van der Waals surface area contributed by atoms with Gasteiger partial charge in [-0.2, -0.15) is 0 Å². The van der Waals surface area contributed by atoms with Gasteiger partial charge in [-0.15, -0.1) is 0 Å². The number of hydrogen-bond donors (Lipinski definition) is 2. The lowest BCUT2D eigenvalue weighted by atomic mass is 9.77. The van der Waals surface area contributed by atoms with Gasteiger partial charge >= 0.3 is 6.09 Å². The Kier molecular flexibility index (Phi) is 5.91. The van der Waals surface area contributed by atoms with E-state index in [2.05, 4.69) is 10.6 Å². The molecule has 2 N–H and O–H groups in total. The number of carbonyl (C=O) groups is 1. The van der Waals surface area contributed by atoms with Gasteiger partial charge in [-0.05, 0) is 77.8 Å². The average Bonchev–Trinajstić information content (AvgIpc) is 2.40. The summed E-state index contributed by atoms with van der Waals surface area (Å²) in [7, 11) is 0. The van der Waals surface area contributed by atoms with Crippen LogP contribution in [0.1, 0.15) is 65.7 Å². The second kappa shape index (κ2) is 7.48. The van der Waals surface area contributed by atoms with Crippen molar-refractivity contribution >= 4 is 6.09 Å². The number of alkyl carbamates (subject to hydrolysis) is 1. The van der Waals surface area contributed by atoms with Crippen LogP contribution in [0.3, 0.4) is 0 Å². The molecule has 1 saturated heterocycles. The summed E-state index contributed by atoms with van der Waals surface area (Å²) in [5, 5.41) is 6.63.